The third-order valence-corrected chi connectivity index (χ3v) is 3.50. The average molecular weight is 340 g/mol. The maximum Gasteiger partial charge on any atom is 0.435 e. The second kappa shape index (κ2) is 5.77. The Morgan fingerprint density at radius 3 is 2.46 bits per heavy atom. The molecule has 3 heterocycles. The third-order valence-electron chi connectivity index (χ3n) is 3.50. The SMILES string of the molecule is Cc1cc(C)n(CCc2nnc(-c3cc(C(F)(F)F)nn3C)o2)n1. The number of hydrogen-bond acceptors (Lipinski definition) is 5. The summed E-state index contributed by atoms with van der Waals surface area (Å²) in [6.45, 7) is 4.38. The molecule has 24 heavy (non-hydrogen) atoms. The Morgan fingerprint density at radius 2 is 1.88 bits per heavy atom. The van der Waals surface area contributed by atoms with E-state index in [1.165, 1.54) is 7.05 Å². The van der Waals surface area contributed by atoms with E-state index in [1.807, 2.05) is 24.6 Å². The van der Waals surface area contributed by atoms with E-state index in [-0.39, 0.29) is 11.6 Å². The van der Waals surface area contributed by atoms with Gasteiger partial charge in [0.05, 0.1) is 5.69 Å². The van der Waals surface area contributed by atoms with Gasteiger partial charge in [-0.05, 0) is 19.9 Å². The zero-order valence-electron chi connectivity index (χ0n) is 13.3. The number of alkyl halides is 3. The molecule has 128 valence electrons. The van der Waals surface area contributed by atoms with Gasteiger partial charge in [-0.1, -0.05) is 0 Å². The molecule has 0 saturated carbocycles. The van der Waals surface area contributed by atoms with Crippen molar-refractivity contribution in [2.45, 2.75) is 33.0 Å². The van der Waals surface area contributed by atoms with Crippen molar-refractivity contribution in [1.29, 1.82) is 0 Å². The van der Waals surface area contributed by atoms with Gasteiger partial charge in [-0.25, -0.2) is 0 Å². The first-order valence-electron chi connectivity index (χ1n) is 7.19. The molecule has 0 saturated heterocycles. The molecule has 0 radical (unpaired) electrons. The lowest BCUT2D eigenvalue weighted by molar-refractivity contribution is -0.141. The highest BCUT2D eigenvalue weighted by Crippen LogP contribution is 2.31. The van der Waals surface area contributed by atoms with Gasteiger partial charge in [0, 0.05) is 31.8 Å². The summed E-state index contributed by atoms with van der Waals surface area (Å²) in [6, 6.07) is 2.84. The van der Waals surface area contributed by atoms with E-state index in [9.17, 15) is 13.2 Å². The van der Waals surface area contributed by atoms with Crippen LogP contribution in [0.3, 0.4) is 0 Å². The number of aryl methyl sites for hydroxylation is 5. The third kappa shape index (κ3) is 3.17. The fourth-order valence-electron chi connectivity index (χ4n) is 2.37. The zero-order chi connectivity index (χ0) is 17.5. The van der Waals surface area contributed by atoms with Crippen molar-refractivity contribution >= 4 is 0 Å². The van der Waals surface area contributed by atoms with E-state index in [4.69, 9.17) is 4.42 Å². The van der Waals surface area contributed by atoms with E-state index in [2.05, 4.69) is 20.4 Å². The highest BCUT2D eigenvalue weighted by Gasteiger charge is 2.35. The Kier molecular flexibility index (Phi) is 3.90. The standard InChI is InChI=1S/C14H15F3N6O/c1-8-6-9(2)23(20-8)5-4-12-18-19-13(24-12)10-7-11(14(15,16)17)21-22(10)3/h6-7H,4-5H2,1-3H3. The lowest BCUT2D eigenvalue weighted by Gasteiger charge is -2.01. The maximum atomic E-state index is 12.7. The summed E-state index contributed by atoms with van der Waals surface area (Å²) in [5, 5.41) is 15.4. The fraction of sp³-hybridized carbons (Fsp3) is 0.429. The Labute approximate surface area is 135 Å². The Bertz CT molecular complexity index is 860. The minimum Gasteiger partial charge on any atom is -0.419 e. The average Bonchev–Trinajstić information content (AvgIpc) is 3.15. The van der Waals surface area contributed by atoms with Gasteiger partial charge in [-0.2, -0.15) is 23.4 Å². The number of nitrogens with zero attached hydrogens (tertiary/aromatic N) is 6. The Morgan fingerprint density at radius 1 is 1.12 bits per heavy atom. The molecule has 0 aromatic carbocycles. The molecule has 0 amide bonds. The van der Waals surface area contributed by atoms with Gasteiger partial charge < -0.3 is 4.42 Å². The first kappa shape index (κ1) is 16.2. The van der Waals surface area contributed by atoms with Crippen LogP contribution in [0.1, 0.15) is 23.0 Å². The molecule has 0 aliphatic heterocycles. The number of halogens is 3. The minimum atomic E-state index is -4.52. The van der Waals surface area contributed by atoms with Crippen LogP contribution in [0.2, 0.25) is 0 Å². The van der Waals surface area contributed by atoms with Crippen LogP contribution in [0.5, 0.6) is 0 Å². The van der Waals surface area contributed by atoms with Crippen LogP contribution in [0.15, 0.2) is 16.5 Å². The zero-order valence-corrected chi connectivity index (χ0v) is 13.3. The van der Waals surface area contributed by atoms with Crippen LogP contribution in [0.4, 0.5) is 13.2 Å². The number of hydrogen-bond donors (Lipinski definition) is 0. The lowest BCUT2D eigenvalue weighted by Crippen LogP contribution is -2.06. The summed E-state index contributed by atoms with van der Waals surface area (Å²) in [7, 11) is 1.39. The van der Waals surface area contributed by atoms with Crippen molar-refractivity contribution in [1.82, 2.24) is 29.8 Å². The molecule has 0 bridgehead atoms. The van der Waals surface area contributed by atoms with Gasteiger partial charge in [0.25, 0.3) is 5.89 Å². The van der Waals surface area contributed by atoms with E-state index < -0.39 is 11.9 Å². The fourth-order valence-corrected chi connectivity index (χ4v) is 2.37. The summed E-state index contributed by atoms with van der Waals surface area (Å²) in [5.41, 5.74) is 1.04. The molecule has 10 heteroatoms. The van der Waals surface area contributed by atoms with Crippen LogP contribution in [-0.4, -0.2) is 29.8 Å². The summed E-state index contributed by atoms with van der Waals surface area (Å²) in [4.78, 5) is 0. The van der Waals surface area contributed by atoms with Gasteiger partial charge in [-0.3, -0.25) is 9.36 Å². The van der Waals surface area contributed by atoms with Crippen LogP contribution >= 0.6 is 0 Å². The van der Waals surface area contributed by atoms with Gasteiger partial charge in [0.15, 0.2) is 5.69 Å². The van der Waals surface area contributed by atoms with Crippen molar-refractivity contribution in [3.05, 3.63) is 35.1 Å². The lowest BCUT2D eigenvalue weighted by atomic mass is 10.3. The largest absolute Gasteiger partial charge is 0.435 e. The van der Waals surface area contributed by atoms with Crippen LogP contribution in [0, 0.1) is 13.8 Å². The summed E-state index contributed by atoms with van der Waals surface area (Å²) in [6.07, 6.45) is -4.09. The topological polar surface area (TPSA) is 74.6 Å². The normalized spacial score (nSPS) is 12.1. The molecule has 0 spiro atoms. The van der Waals surface area contributed by atoms with Gasteiger partial charge in [-0.15, -0.1) is 10.2 Å². The van der Waals surface area contributed by atoms with Crippen LogP contribution < -0.4 is 0 Å². The predicted molar refractivity (Wildman–Crippen MR) is 76.9 cm³/mol. The van der Waals surface area contributed by atoms with E-state index in [1.54, 1.807) is 0 Å². The molecule has 0 atom stereocenters. The van der Waals surface area contributed by atoms with Gasteiger partial charge in [0.1, 0.15) is 5.69 Å². The van der Waals surface area contributed by atoms with E-state index in [0.29, 0.717) is 18.9 Å². The molecular formula is C14H15F3N6O. The summed E-state index contributed by atoms with van der Waals surface area (Å²) >= 11 is 0. The second-order valence-corrected chi connectivity index (χ2v) is 5.44. The molecule has 0 aliphatic carbocycles. The van der Waals surface area contributed by atoms with Crippen LogP contribution in [0.25, 0.3) is 11.6 Å². The Hall–Kier alpha value is -2.65. The van der Waals surface area contributed by atoms with Gasteiger partial charge >= 0.3 is 6.18 Å². The molecule has 3 aromatic rings. The highest BCUT2D eigenvalue weighted by atomic mass is 19.4. The monoisotopic (exact) mass is 340 g/mol. The Balaban J connectivity index is 1.76. The summed E-state index contributed by atoms with van der Waals surface area (Å²) < 4.78 is 46.4. The smallest absolute Gasteiger partial charge is 0.419 e. The van der Waals surface area contributed by atoms with Crippen molar-refractivity contribution in [2.24, 2.45) is 7.05 Å². The second-order valence-electron chi connectivity index (χ2n) is 5.44. The molecular weight excluding hydrogens is 325 g/mol. The van der Waals surface area contributed by atoms with Crippen molar-refractivity contribution < 1.29 is 17.6 Å². The van der Waals surface area contributed by atoms with Crippen molar-refractivity contribution in [3.63, 3.8) is 0 Å². The minimum absolute atomic E-state index is 0.00358. The first-order chi connectivity index (χ1) is 11.2. The first-order valence-corrected chi connectivity index (χ1v) is 7.19. The predicted octanol–water partition coefficient (Wildman–Crippen LogP) is 2.54. The number of rotatable bonds is 4. The van der Waals surface area contributed by atoms with Crippen molar-refractivity contribution in [2.75, 3.05) is 0 Å². The summed E-state index contributed by atoms with van der Waals surface area (Å²) in [5.74, 6) is 0.330. The molecule has 0 N–H and O–H groups in total. The molecule has 3 aromatic heterocycles. The molecule has 7 nitrogen and oxygen atoms in total. The highest BCUT2D eigenvalue weighted by molar-refractivity contribution is 5.47. The van der Waals surface area contributed by atoms with Crippen LogP contribution in [-0.2, 0) is 26.2 Å². The number of aromatic nitrogens is 6. The molecule has 0 unspecified atom stereocenters. The van der Waals surface area contributed by atoms with E-state index >= 15 is 0 Å². The van der Waals surface area contributed by atoms with Crippen molar-refractivity contribution in [3.8, 4) is 11.6 Å². The molecule has 3 rings (SSSR count). The van der Waals surface area contributed by atoms with Gasteiger partial charge in [0.2, 0.25) is 5.89 Å². The molecule has 0 fully saturated rings. The van der Waals surface area contributed by atoms with E-state index in [0.717, 1.165) is 22.1 Å². The quantitative estimate of drug-likeness (QED) is 0.730. The maximum absolute atomic E-state index is 12.7. The molecule has 0 aliphatic rings.